The van der Waals surface area contributed by atoms with E-state index in [9.17, 15) is 9.59 Å². The summed E-state index contributed by atoms with van der Waals surface area (Å²) in [6.07, 6.45) is 0.168. The standard InChI is InChI=1S/C27H34N4O5/c1-19-3-6-25(34-2)24(15-19)31-18-20(16-26(31)32)27(33)28-22-5-4-21(29-7-11-35-12-8-29)17-23(22)30-9-13-36-14-10-30/h3-6,15,17,20H,7-14,16,18H2,1-2H3,(H,28,33). The number of ether oxygens (including phenoxy) is 3. The Morgan fingerprint density at radius 1 is 0.944 bits per heavy atom. The molecular formula is C27H34N4O5. The molecule has 3 aliphatic heterocycles. The third kappa shape index (κ3) is 5.12. The number of aryl methyl sites for hydroxylation is 1. The number of amides is 2. The molecular weight excluding hydrogens is 460 g/mol. The molecule has 36 heavy (non-hydrogen) atoms. The zero-order valence-corrected chi connectivity index (χ0v) is 21.0. The minimum absolute atomic E-state index is 0.0740. The fraction of sp³-hybridized carbons (Fsp3) is 0.481. The highest BCUT2D eigenvalue weighted by molar-refractivity contribution is 6.05. The Hall–Kier alpha value is -3.30. The van der Waals surface area contributed by atoms with E-state index in [4.69, 9.17) is 14.2 Å². The van der Waals surface area contributed by atoms with E-state index >= 15 is 0 Å². The average Bonchev–Trinajstić information content (AvgIpc) is 3.31. The Morgan fingerprint density at radius 3 is 2.33 bits per heavy atom. The molecule has 192 valence electrons. The van der Waals surface area contributed by atoms with Crippen LogP contribution < -0.4 is 24.8 Å². The maximum atomic E-state index is 13.4. The highest BCUT2D eigenvalue weighted by Gasteiger charge is 2.36. The summed E-state index contributed by atoms with van der Waals surface area (Å²) in [5, 5.41) is 3.14. The summed E-state index contributed by atoms with van der Waals surface area (Å²) in [4.78, 5) is 32.5. The van der Waals surface area contributed by atoms with Gasteiger partial charge in [0.05, 0.1) is 56.5 Å². The van der Waals surface area contributed by atoms with E-state index in [-0.39, 0.29) is 18.2 Å². The Labute approximate surface area is 211 Å². The molecule has 3 saturated heterocycles. The van der Waals surface area contributed by atoms with Crippen LogP contribution in [0.1, 0.15) is 12.0 Å². The van der Waals surface area contributed by atoms with Gasteiger partial charge in [-0.05, 0) is 42.8 Å². The van der Waals surface area contributed by atoms with Crippen LogP contribution in [0.3, 0.4) is 0 Å². The summed E-state index contributed by atoms with van der Waals surface area (Å²) in [7, 11) is 1.59. The molecule has 0 radical (unpaired) electrons. The van der Waals surface area contributed by atoms with Crippen molar-refractivity contribution in [2.75, 3.05) is 86.3 Å². The van der Waals surface area contributed by atoms with Crippen molar-refractivity contribution in [3.05, 3.63) is 42.0 Å². The van der Waals surface area contributed by atoms with Gasteiger partial charge in [0.25, 0.3) is 0 Å². The second kappa shape index (κ2) is 10.8. The first-order chi connectivity index (χ1) is 17.5. The lowest BCUT2D eigenvalue weighted by atomic mass is 10.1. The highest BCUT2D eigenvalue weighted by Crippen LogP contribution is 2.36. The number of benzene rings is 2. The fourth-order valence-corrected chi connectivity index (χ4v) is 5.07. The zero-order chi connectivity index (χ0) is 25.1. The van der Waals surface area contributed by atoms with Gasteiger partial charge in [0.1, 0.15) is 5.75 Å². The molecule has 2 amide bonds. The van der Waals surface area contributed by atoms with E-state index in [0.717, 1.165) is 48.8 Å². The number of hydrogen-bond acceptors (Lipinski definition) is 7. The summed E-state index contributed by atoms with van der Waals surface area (Å²) in [6, 6.07) is 11.9. The van der Waals surface area contributed by atoms with Crippen molar-refractivity contribution >= 4 is 34.6 Å². The lowest BCUT2D eigenvalue weighted by Crippen LogP contribution is -2.38. The van der Waals surface area contributed by atoms with E-state index in [0.29, 0.717) is 44.4 Å². The number of rotatable bonds is 6. The van der Waals surface area contributed by atoms with Gasteiger partial charge in [-0.1, -0.05) is 6.07 Å². The van der Waals surface area contributed by atoms with Crippen molar-refractivity contribution in [1.82, 2.24) is 0 Å². The lowest BCUT2D eigenvalue weighted by Gasteiger charge is -2.33. The minimum atomic E-state index is -0.445. The van der Waals surface area contributed by atoms with Gasteiger partial charge in [-0.2, -0.15) is 0 Å². The molecule has 0 spiro atoms. The van der Waals surface area contributed by atoms with Crippen LogP contribution in [0, 0.1) is 12.8 Å². The van der Waals surface area contributed by atoms with Crippen molar-refractivity contribution in [2.45, 2.75) is 13.3 Å². The van der Waals surface area contributed by atoms with Gasteiger partial charge in [-0.3, -0.25) is 9.59 Å². The number of hydrogen-bond donors (Lipinski definition) is 1. The lowest BCUT2D eigenvalue weighted by molar-refractivity contribution is -0.122. The van der Waals surface area contributed by atoms with Crippen LogP contribution in [0.4, 0.5) is 22.7 Å². The van der Waals surface area contributed by atoms with E-state index in [1.54, 1.807) is 12.0 Å². The summed E-state index contributed by atoms with van der Waals surface area (Å²) in [5.41, 5.74) is 4.60. The molecule has 2 aromatic rings. The molecule has 0 bridgehead atoms. The molecule has 2 aromatic carbocycles. The first kappa shape index (κ1) is 24.4. The minimum Gasteiger partial charge on any atom is -0.495 e. The van der Waals surface area contributed by atoms with Crippen molar-refractivity contribution in [3.63, 3.8) is 0 Å². The predicted octanol–water partition coefficient (Wildman–Crippen LogP) is 2.67. The van der Waals surface area contributed by atoms with E-state index in [2.05, 4.69) is 27.2 Å². The SMILES string of the molecule is COc1ccc(C)cc1N1CC(C(=O)Nc2ccc(N3CCOCC3)cc2N2CCOCC2)CC1=O. The van der Waals surface area contributed by atoms with Crippen molar-refractivity contribution in [2.24, 2.45) is 5.92 Å². The maximum absolute atomic E-state index is 13.4. The summed E-state index contributed by atoms with van der Waals surface area (Å²) in [6.45, 7) is 8.24. The average molecular weight is 495 g/mol. The molecule has 1 N–H and O–H groups in total. The summed E-state index contributed by atoms with van der Waals surface area (Å²) < 4.78 is 16.5. The molecule has 1 unspecified atom stereocenters. The normalized spacial score (nSPS) is 20.6. The van der Waals surface area contributed by atoms with Crippen molar-refractivity contribution < 1.29 is 23.8 Å². The van der Waals surface area contributed by atoms with Gasteiger partial charge in [-0.25, -0.2) is 0 Å². The topological polar surface area (TPSA) is 83.6 Å². The molecule has 3 fully saturated rings. The quantitative estimate of drug-likeness (QED) is 0.661. The fourth-order valence-electron chi connectivity index (χ4n) is 5.07. The number of morpholine rings is 2. The van der Waals surface area contributed by atoms with E-state index in [1.807, 2.05) is 31.2 Å². The zero-order valence-electron chi connectivity index (χ0n) is 21.0. The van der Waals surface area contributed by atoms with Crippen LogP contribution in [0.15, 0.2) is 36.4 Å². The van der Waals surface area contributed by atoms with Crippen LogP contribution >= 0.6 is 0 Å². The molecule has 9 heteroatoms. The number of carbonyl (C=O) groups is 2. The Bertz CT molecular complexity index is 1110. The van der Waals surface area contributed by atoms with E-state index < -0.39 is 5.92 Å². The van der Waals surface area contributed by atoms with Gasteiger partial charge in [0, 0.05) is 44.8 Å². The van der Waals surface area contributed by atoms with Gasteiger partial charge in [-0.15, -0.1) is 0 Å². The van der Waals surface area contributed by atoms with Crippen LogP contribution in [0.25, 0.3) is 0 Å². The first-order valence-electron chi connectivity index (χ1n) is 12.6. The third-order valence-electron chi connectivity index (χ3n) is 7.09. The van der Waals surface area contributed by atoms with Crippen molar-refractivity contribution in [3.8, 4) is 5.75 Å². The van der Waals surface area contributed by atoms with Crippen molar-refractivity contribution in [1.29, 1.82) is 0 Å². The third-order valence-corrected chi connectivity index (χ3v) is 7.09. The second-order valence-electron chi connectivity index (χ2n) is 9.47. The number of nitrogens with zero attached hydrogens (tertiary/aromatic N) is 3. The number of anilines is 4. The van der Waals surface area contributed by atoms with Crippen LogP contribution in [-0.2, 0) is 19.1 Å². The number of nitrogens with one attached hydrogen (secondary N) is 1. The molecule has 3 aliphatic rings. The molecule has 9 nitrogen and oxygen atoms in total. The van der Waals surface area contributed by atoms with Gasteiger partial charge in [0.2, 0.25) is 11.8 Å². The first-order valence-corrected chi connectivity index (χ1v) is 12.6. The molecule has 0 aromatic heterocycles. The predicted molar refractivity (Wildman–Crippen MR) is 139 cm³/mol. The molecule has 0 saturated carbocycles. The number of carbonyl (C=O) groups excluding carboxylic acids is 2. The summed E-state index contributed by atoms with van der Waals surface area (Å²) >= 11 is 0. The Balaban J connectivity index is 1.35. The van der Waals surface area contributed by atoms with Gasteiger partial charge in [0.15, 0.2) is 0 Å². The molecule has 1 atom stereocenters. The Kier molecular flexibility index (Phi) is 7.29. The molecule has 3 heterocycles. The monoisotopic (exact) mass is 494 g/mol. The maximum Gasteiger partial charge on any atom is 0.229 e. The Morgan fingerprint density at radius 2 is 1.64 bits per heavy atom. The van der Waals surface area contributed by atoms with E-state index in [1.165, 1.54) is 0 Å². The second-order valence-corrected chi connectivity index (χ2v) is 9.47. The van der Waals surface area contributed by atoms with Gasteiger partial charge < -0.3 is 34.2 Å². The van der Waals surface area contributed by atoms with Crippen LogP contribution in [-0.4, -0.2) is 78.1 Å². The van der Waals surface area contributed by atoms with Crippen LogP contribution in [0.5, 0.6) is 5.75 Å². The smallest absolute Gasteiger partial charge is 0.229 e. The number of methoxy groups -OCH3 is 1. The van der Waals surface area contributed by atoms with Gasteiger partial charge >= 0.3 is 0 Å². The van der Waals surface area contributed by atoms with Crippen LogP contribution in [0.2, 0.25) is 0 Å². The highest BCUT2D eigenvalue weighted by atomic mass is 16.5. The summed E-state index contributed by atoms with van der Waals surface area (Å²) in [5.74, 6) is -0.0382. The largest absolute Gasteiger partial charge is 0.495 e. The molecule has 0 aliphatic carbocycles. The molecule has 5 rings (SSSR count).